The molecule has 27 atom stereocenters. The number of aliphatic hydroxyl groups excluding tert-OH is 9. The van der Waals surface area contributed by atoms with Gasteiger partial charge in [0.15, 0.2) is 30.9 Å². The third-order valence-electron chi connectivity index (χ3n) is 18.1. The van der Waals surface area contributed by atoms with E-state index in [4.69, 9.17) is 37.9 Å². The minimum atomic E-state index is -1.73. The van der Waals surface area contributed by atoms with Crippen molar-refractivity contribution in [3.63, 3.8) is 0 Å². The molecule has 0 radical (unpaired) electrons. The monoisotopic (exact) mass is 900 g/mol. The van der Waals surface area contributed by atoms with Gasteiger partial charge in [-0.1, -0.05) is 39.3 Å². The molecule has 27 unspecified atom stereocenters. The molecule has 10 N–H and O–H groups in total. The number of aliphatic hydroxyl groups is 10. The summed E-state index contributed by atoms with van der Waals surface area (Å²) in [4.78, 5) is 0. The molecule has 0 aromatic rings. The van der Waals surface area contributed by atoms with Crippen LogP contribution in [0.5, 0.6) is 0 Å². The summed E-state index contributed by atoms with van der Waals surface area (Å²) in [5, 5.41) is 109. The van der Waals surface area contributed by atoms with Crippen LogP contribution in [0, 0.1) is 40.4 Å². The van der Waals surface area contributed by atoms with Crippen LogP contribution in [0.3, 0.4) is 0 Å². The fraction of sp³-hybridized carbons (Fsp3) is 0.956. The molecular weight excluding hydrogens is 828 g/mol. The van der Waals surface area contributed by atoms with Crippen molar-refractivity contribution in [1.82, 2.24) is 0 Å². The lowest BCUT2D eigenvalue weighted by Gasteiger charge is -2.60. The lowest BCUT2D eigenvalue weighted by Crippen LogP contribution is -2.66. The molecule has 0 bridgehead atoms. The Kier molecular flexibility index (Phi) is 12.6. The van der Waals surface area contributed by atoms with E-state index >= 15 is 0 Å². The molecule has 1 spiro atoms. The Morgan fingerprint density at radius 3 is 1.92 bits per heavy atom. The largest absolute Gasteiger partial charge is 0.394 e. The average molecular weight is 901 g/mol. The van der Waals surface area contributed by atoms with Gasteiger partial charge in [-0.25, -0.2) is 0 Å². The van der Waals surface area contributed by atoms with Gasteiger partial charge in [0.25, 0.3) is 0 Å². The predicted octanol–water partition coefficient (Wildman–Crippen LogP) is -0.325. The number of rotatable bonds is 7. The van der Waals surface area contributed by atoms with Crippen LogP contribution in [0.1, 0.15) is 99.3 Å². The third-order valence-corrected chi connectivity index (χ3v) is 18.1. The highest BCUT2D eigenvalue weighted by molar-refractivity contribution is 5.29. The van der Waals surface area contributed by atoms with E-state index in [2.05, 4.69) is 19.9 Å². The standard InChI is InChI=1S/C45H72O18/c1-18-9-14-44(63-38(18)54)21(4)45(55)28(62-44)16-26-24-8-7-22-15-23(10-12-42(22,5)25(24)11-13-43(26,45)6)58-41-37(61-40-34(52)32(50)30(48)20(3)57-40)35(53)36(27(17-46)59-41)60-39-33(51)31(49)29(47)19(2)56-39/h7,18-21,23-41,46-55H,8-17H2,1-6H3. The first-order chi connectivity index (χ1) is 29.7. The number of hydrogen-bond acceptors (Lipinski definition) is 18. The Morgan fingerprint density at radius 1 is 0.667 bits per heavy atom. The lowest BCUT2D eigenvalue weighted by molar-refractivity contribution is -0.388. The highest BCUT2D eigenvalue weighted by Crippen LogP contribution is 2.72. The van der Waals surface area contributed by atoms with Crippen LogP contribution < -0.4 is 0 Å². The molecule has 18 heteroatoms. The summed E-state index contributed by atoms with van der Waals surface area (Å²) in [5.74, 6) is -0.417. The van der Waals surface area contributed by atoms with E-state index in [9.17, 15) is 51.1 Å². The van der Waals surface area contributed by atoms with Gasteiger partial charge in [0.2, 0.25) is 0 Å². The maximum atomic E-state index is 12.8. The van der Waals surface area contributed by atoms with Gasteiger partial charge in [0.05, 0.1) is 31.0 Å². The summed E-state index contributed by atoms with van der Waals surface area (Å²) in [6.45, 7) is 10.9. The molecule has 4 aliphatic carbocycles. The Bertz CT molecular complexity index is 1690. The predicted molar refractivity (Wildman–Crippen MR) is 215 cm³/mol. The summed E-state index contributed by atoms with van der Waals surface area (Å²) < 4.78 is 49.5. The summed E-state index contributed by atoms with van der Waals surface area (Å²) in [6.07, 6.45) is -14.6. The van der Waals surface area contributed by atoms with Crippen LogP contribution in [-0.2, 0) is 37.9 Å². The van der Waals surface area contributed by atoms with Gasteiger partial charge in [-0.3, -0.25) is 0 Å². The Labute approximate surface area is 368 Å². The van der Waals surface area contributed by atoms with Crippen molar-refractivity contribution in [1.29, 1.82) is 0 Å². The second-order valence-corrected chi connectivity index (χ2v) is 21.2. The van der Waals surface area contributed by atoms with Gasteiger partial charge in [0.1, 0.15) is 66.6 Å². The van der Waals surface area contributed by atoms with E-state index in [0.717, 1.165) is 38.5 Å². The molecule has 0 aromatic carbocycles. The number of ether oxygens (including phenoxy) is 8. The molecule has 9 rings (SSSR count). The lowest BCUT2D eigenvalue weighted by atomic mass is 9.46. The highest BCUT2D eigenvalue weighted by Gasteiger charge is 2.76. The fourth-order valence-corrected chi connectivity index (χ4v) is 13.9. The van der Waals surface area contributed by atoms with E-state index in [1.807, 2.05) is 13.8 Å². The Hall–Kier alpha value is -0.980. The Morgan fingerprint density at radius 2 is 1.30 bits per heavy atom. The molecule has 5 aliphatic heterocycles. The molecule has 3 saturated carbocycles. The Balaban J connectivity index is 0.924. The highest BCUT2D eigenvalue weighted by atomic mass is 16.8. The number of allylic oxidation sites excluding steroid dienone is 1. The summed E-state index contributed by atoms with van der Waals surface area (Å²) >= 11 is 0. The molecule has 0 amide bonds. The smallest absolute Gasteiger partial charge is 0.187 e. The molecular formula is C45H72O18. The van der Waals surface area contributed by atoms with Gasteiger partial charge >= 0.3 is 0 Å². The fourth-order valence-electron chi connectivity index (χ4n) is 13.9. The average Bonchev–Trinajstić information content (AvgIpc) is 3.61. The van der Waals surface area contributed by atoms with Gasteiger partial charge < -0.3 is 89.0 Å². The van der Waals surface area contributed by atoms with Crippen molar-refractivity contribution in [2.75, 3.05) is 6.61 Å². The van der Waals surface area contributed by atoms with E-state index in [-0.39, 0.29) is 23.2 Å². The third kappa shape index (κ3) is 7.27. The van der Waals surface area contributed by atoms with Crippen LogP contribution >= 0.6 is 0 Å². The summed E-state index contributed by atoms with van der Waals surface area (Å²) in [7, 11) is 0. The van der Waals surface area contributed by atoms with Crippen LogP contribution in [0.4, 0.5) is 0 Å². The zero-order valence-corrected chi connectivity index (χ0v) is 37.2. The second kappa shape index (κ2) is 16.9. The van der Waals surface area contributed by atoms with Crippen LogP contribution in [0.2, 0.25) is 0 Å². The van der Waals surface area contributed by atoms with Gasteiger partial charge in [-0.2, -0.15) is 0 Å². The summed E-state index contributed by atoms with van der Waals surface area (Å²) in [5.41, 5.74) is -0.392. The van der Waals surface area contributed by atoms with E-state index in [0.29, 0.717) is 31.1 Å². The van der Waals surface area contributed by atoms with Crippen molar-refractivity contribution in [2.45, 2.75) is 221 Å². The van der Waals surface area contributed by atoms with Crippen molar-refractivity contribution in [3.05, 3.63) is 11.6 Å². The van der Waals surface area contributed by atoms with E-state index in [1.165, 1.54) is 19.4 Å². The van der Waals surface area contributed by atoms with E-state index in [1.54, 1.807) is 0 Å². The first kappa shape index (κ1) is 47.1. The van der Waals surface area contributed by atoms with Crippen molar-refractivity contribution < 1.29 is 89.0 Å². The first-order valence-corrected chi connectivity index (χ1v) is 23.4. The minimum Gasteiger partial charge on any atom is -0.394 e. The second-order valence-electron chi connectivity index (χ2n) is 21.2. The molecule has 5 heterocycles. The quantitative estimate of drug-likeness (QED) is 0.147. The van der Waals surface area contributed by atoms with Gasteiger partial charge in [-0.05, 0) is 88.4 Å². The summed E-state index contributed by atoms with van der Waals surface area (Å²) in [6, 6.07) is 0. The molecule has 360 valence electrons. The maximum Gasteiger partial charge on any atom is 0.187 e. The van der Waals surface area contributed by atoms with Crippen LogP contribution in [0.25, 0.3) is 0 Å². The van der Waals surface area contributed by atoms with Crippen molar-refractivity contribution in [2.24, 2.45) is 40.4 Å². The SMILES string of the molecule is CC1CCC2(OC1O)OC1CC3C4CC=C5CC(OC6OC(CO)C(OC7OC(C)C(O)C(O)C7O)C(O)C6OC6OC(C)C(O)C(O)C6O)CCC5(C)C4CCC3(C)C1(O)C2C. The van der Waals surface area contributed by atoms with E-state index < -0.39 is 134 Å². The first-order valence-electron chi connectivity index (χ1n) is 23.4. The molecule has 9 aliphatic rings. The molecule has 8 fully saturated rings. The zero-order chi connectivity index (χ0) is 45.3. The topological polar surface area (TPSA) is 276 Å². The molecule has 63 heavy (non-hydrogen) atoms. The maximum absolute atomic E-state index is 12.8. The van der Waals surface area contributed by atoms with Gasteiger partial charge in [0, 0.05) is 23.7 Å². The molecule has 18 nitrogen and oxygen atoms in total. The number of fused-ring (bicyclic) bond motifs is 7. The van der Waals surface area contributed by atoms with Crippen LogP contribution in [0.15, 0.2) is 11.6 Å². The van der Waals surface area contributed by atoms with Gasteiger partial charge in [-0.15, -0.1) is 0 Å². The normalized spacial score (nSPS) is 59.3. The number of hydrogen-bond donors (Lipinski definition) is 10. The zero-order valence-electron chi connectivity index (χ0n) is 37.2. The van der Waals surface area contributed by atoms with Crippen LogP contribution in [-0.4, -0.2) is 180 Å². The molecule has 0 aromatic heterocycles. The minimum absolute atomic E-state index is 0.000831. The molecule has 5 saturated heterocycles. The van der Waals surface area contributed by atoms with Crippen molar-refractivity contribution >= 4 is 0 Å². The van der Waals surface area contributed by atoms with Crippen molar-refractivity contribution in [3.8, 4) is 0 Å².